The SMILES string of the molecule is CN(Br)c1ccc(Br)cc1Br. The van der Waals surface area contributed by atoms with Crippen molar-refractivity contribution in [3.63, 3.8) is 0 Å². The maximum Gasteiger partial charge on any atom is 0.0610 e. The zero-order valence-corrected chi connectivity index (χ0v) is 10.6. The minimum Gasteiger partial charge on any atom is -0.311 e. The third-order valence-electron chi connectivity index (χ3n) is 1.24. The van der Waals surface area contributed by atoms with Gasteiger partial charge in [0, 0.05) is 32.1 Å². The van der Waals surface area contributed by atoms with Gasteiger partial charge in [0.15, 0.2) is 0 Å². The summed E-state index contributed by atoms with van der Waals surface area (Å²) in [6.07, 6.45) is 0. The lowest BCUT2D eigenvalue weighted by atomic mass is 10.3. The van der Waals surface area contributed by atoms with Crippen LogP contribution in [0.5, 0.6) is 0 Å². The van der Waals surface area contributed by atoms with Crippen LogP contribution in [-0.2, 0) is 0 Å². The van der Waals surface area contributed by atoms with Gasteiger partial charge in [-0.2, -0.15) is 0 Å². The molecule has 1 aromatic rings. The second-order valence-electron chi connectivity index (χ2n) is 2.07. The van der Waals surface area contributed by atoms with E-state index < -0.39 is 0 Å². The van der Waals surface area contributed by atoms with Crippen LogP contribution >= 0.6 is 48.0 Å². The van der Waals surface area contributed by atoms with Crippen molar-refractivity contribution in [3.05, 3.63) is 27.1 Å². The highest BCUT2D eigenvalue weighted by Crippen LogP contribution is 2.29. The zero-order chi connectivity index (χ0) is 8.43. The summed E-state index contributed by atoms with van der Waals surface area (Å²) in [5.74, 6) is 0. The second kappa shape index (κ2) is 3.92. The molecule has 0 bridgehead atoms. The number of hydrogen-bond acceptors (Lipinski definition) is 1. The van der Waals surface area contributed by atoms with Crippen molar-refractivity contribution in [3.8, 4) is 0 Å². The van der Waals surface area contributed by atoms with Crippen LogP contribution in [-0.4, -0.2) is 7.05 Å². The van der Waals surface area contributed by atoms with Gasteiger partial charge < -0.3 is 3.93 Å². The molecule has 0 saturated heterocycles. The van der Waals surface area contributed by atoms with E-state index in [1.165, 1.54) is 0 Å². The van der Waals surface area contributed by atoms with E-state index in [-0.39, 0.29) is 0 Å². The highest BCUT2D eigenvalue weighted by molar-refractivity contribution is 9.11. The van der Waals surface area contributed by atoms with Crippen molar-refractivity contribution in [2.45, 2.75) is 0 Å². The first-order valence-corrected chi connectivity index (χ1v) is 5.25. The summed E-state index contributed by atoms with van der Waals surface area (Å²) in [6.45, 7) is 0. The maximum absolute atomic E-state index is 3.45. The predicted octanol–water partition coefficient (Wildman–Crippen LogP) is 3.96. The van der Waals surface area contributed by atoms with Crippen LogP contribution in [0.4, 0.5) is 5.69 Å². The molecule has 0 amide bonds. The molecule has 1 nitrogen and oxygen atoms in total. The fourth-order valence-corrected chi connectivity index (χ4v) is 2.59. The van der Waals surface area contributed by atoms with Crippen LogP contribution in [0, 0.1) is 0 Å². The van der Waals surface area contributed by atoms with Crippen LogP contribution in [0.15, 0.2) is 27.1 Å². The standard InChI is InChI=1S/C7H6Br3N/c1-11(10)7-3-2-5(8)4-6(7)9/h2-4H,1H3. The molecule has 0 heterocycles. The normalized spacial score (nSPS) is 9.82. The maximum atomic E-state index is 3.45. The van der Waals surface area contributed by atoms with Gasteiger partial charge in [-0.25, -0.2) is 0 Å². The lowest BCUT2D eigenvalue weighted by Gasteiger charge is -2.11. The predicted molar refractivity (Wildman–Crippen MR) is 59.2 cm³/mol. The van der Waals surface area contributed by atoms with Crippen molar-refractivity contribution in [2.24, 2.45) is 0 Å². The molecule has 0 unspecified atom stereocenters. The summed E-state index contributed by atoms with van der Waals surface area (Å²) in [5.41, 5.74) is 1.10. The van der Waals surface area contributed by atoms with E-state index in [1.54, 1.807) is 0 Å². The van der Waals surface area contributed by atoms with E-state index in [1.807, 2.05) is 29.2 Å². The van der Waals surface area contributed by atoms with E-state index in [0.717, 1.165) is 14.6 Å². The first-order valence-electron chi connectivity index (χ1n) is 2.96. The van der Waals surface area contributed by atoms with Gasteiger partial charge in [0.05, 0.1) is 5.69 Å². The summed E-state index contributed by atoms with van der Waals surface area (Å²) in [4.78, 5) is 0. The summed E-state index contributed by atoms with van der Waals surface area (Å²) in [6, 6.07) is 6.02. The molecule has 11 heavy (non-hydrogen) atoms. The van der Waals surface area contributed by atoms with Gasteiger partial charge in [-0.1, -0.05) is 15.9 Å². The van der Waals surface area contributed by atoms with Crippen molar-refractivity contribution in [2.75, 3.05) is 11.0 Å². The molecule has 0 fully saturated rings. The first-order chi connectivity index (χ1) is 5.11. The zero-order valence-electron chi connectivity index (χ0n) is 5.81. The summed E-state index contributed by atoms with van der Waals surface area (Å²) >= 11 is 10.2. The van der Waals surface area contributed by atoms with Crippen LogP contribution in [0.1, 0.15) is 0 Å². The molecule has 0 aliphatic rings. The molecular formula is C7H6Br3N. The lowest BCUT2D eigenvalue weighted by Crippen LogP contribution is -1.99. The number of benzene rings is 1. The Morgan fingerprint density at radius 3 is 2.36 bits per heavy atom. The van der Waals surface area contributed by atoms with Gasteiger partial charge in [-0.05, 0) is 34.1 Å². The quantitative estimate of drug-likeness (QED) is 0.698. The molecular weight excluding hydrogens is 338 g/mol. The number of nitrogens with zero attached hydrogens (tertiary/aromatic N) is 1. The van der Waals surface area contributed by atoms with Gasteiger partial charge in [0.2, 0.25) is 0 Å². The number of anilines is 1. The second-order valence-corrected chi connectivity index (χ2v) is 4.91. The number of hydrogen-bond donors (Lipinski definition) is 0. The van der Waals surface area contributed by atoms with Crippen molar-refractivity contribution in [1.29, 1.82) is 0 Å². The van der Waals surface area contributed by atoms with E-state index in [4.69, 9.17) is 0 Å². The van der Waals surface area contributed by atoms with Gasteiger partial charge >= 0.3 is 0 Å². The molecule has 0 aliphatic carbocycles. The van der Waals surface area contributed by atoms with Crippen molar-refractivity contribution >= 4 is 53.7 Å². The Balaban J connectivity index is 3.09. The minimum absolute atomic E-state index is 1.06. The van der Waals surface area contributed by atoms with Gasteiger partial charge in [0.25, 0.3) is 0 Å². The Labute approximate surface area is 91.4 Å². The summed E-state index contributed by atoms with van der Waals surface area (Å²) in [7, 11) is 1.94. The van der Waals surface area contributed by atoms with Gasteiger partial charge in [0.1, 0.15) is 0 Å². The fourth-order valence-electron chi connectivity index (χ4n) is 0.731. The molecule has 0 aliphatic heterocycles. The first kappa shape index (κ1) is 9.55. The molecule has 0 spiro atoms. The number of halogens is 3. The van der Waals surface area contributed by atoms with E-state index in [2.05, 4.69) is 48.0 Å². The largest absolute Gasteiger partial charge is 0.311 e. The summed E-state index contributed by atoms with van der Waals surface area (Å²) in [5, 5.41) is 0. The topological polar surface area (TPSA) is 3.24 Å². The highest BCUT2D eigenvalue weighted by atomic mass is 79.9. The lowest BCUT2D eigenvalue weighted by molar-refractivity contribution is 1.36. The Morgan fingerprint density at radius 1 is 1.27 bits per heavy atom. The molecule has 0 atom stereocenters. The smallest absolute Gasteiger partial charge is 0.0610 e. The van der Waals surface area contributed by atoms with Gasteiger partial charge in [-0.3, -0.25) is 0 Å². The van der Waals surface area contributed by atoms with Crippen LogP contribution < -0.4 is 3.93 Å². The Bertz CT molecular complexity index is 260. The number of rotatable bonds is 1. The minimum atomic E-state index is 1.06. The Hall–Kier alpha value is 0.460. The molecule has 0 radical (unpaired) electrons. The van der Waals surface area contributed by atoms with E-state index >= 15 is 0 Å². The molecule has 60 valence electrons. The average Bonchev–Trinajstić information content (AvgIpc) is 1.85. The third kappa shape index (κ3) is 2.46. The molecule has 1 aromatic carbocycles. The fraction of sp³-hybridized carbons (Fsp3) is 0.143. The van der Waals surface area contributed by atoms with E-state index in [0.29, 0.717) is 0 Å². The Kier molecular flexibility index (Phi) is 3.40. The molecule has 0 N–H and O–H groups in total. The molecule has 4 heteroatoms. The highest BCUT2D eigenvalue weighted by Gasteiger charge is 2.01. The monoisotopic (exact) mass is 341 g/mol. The van der Waals surface area contributed by atoms with Crippen LogP contribution in [0.3, 0.4) is 0 Å². The van der Waals surface area contributed by atoms with Crippen LogP contribution in [0.2, 0.25) is 0 Å². The Morgan fingerprint density at radius 2 is 1.91 bits per heavy atom. The van der Waals surface area contributed by atoms with Crippen LogP contribution in [0.25, 0.3) is 0 Å². The average molecular weight is 344 g/mol. The van der Waals surface area contributed by atoms with E-state index in [9.17, 15) is 0 Å². The third-order valence-corrected chi connectivity index (χ3v) is 2.75. The molecule has 0 saturated carbocycles. The molecule has 0 aromatic heterocycles. The molecule has 1 rings (SSSR count). The van der Waals surface area contributed by atoms with Gasteiger partial charge in [-0.15, -0.1) is 0 Å². The van der Waals surface area contributed by atoms with Crippen molar-refractivity contribution < 1.29 is 0 Å². The summed E-state index contributed by atoms with van der Waals surface area (Å²) < 4.78 is 4.01. The van der Waals surface area contributed by atoms with Crippen molar-refractivity contribution in [1.82, 2.24) is 0 Å².